The molecule has 2 heterocycles. The van der Waals surface area contributed by atoms with Crippen LogP contribution in [-0.2, 0) is 11.3 Å². The highest BCUT2D eigenvalue weighted by molar-refractivity contribution is 7.21. The van der Waals surface area contributed by atoms with Gasteiger partial charge in [-0.3, -0.25) is 4.79 Å². The van der Waals surface area contributed by atoms with Gasteiger partial charge in [0, 0.05) is 28.7 Å². The van der Waals surface area contributed by atoms with Crippen molar-refractivity contribution in [1.82, 2.24) is 4.98 Å². The van der Waals surface area contributed by atoms with Gasteiger partial charge in [0.25, 0.3) is 0 Å². The normalized spacial score (nSPS) is 10.6. The summed E-state index contributed by atoms with van der Waals surface area (Å²) in [6, 6.07) is 10.8. The summed E-state index contributed by atoms with van der Waals surface area (Å²) in [7, 11) is 1.59. The van der Waals surface area contributed by atoms with E-state index in [1.165, 1.54) is 11.3 Å². The summed E-state index contributed by atoms with van der Waals surface area (Å²) < 4.78 is 5.24. The van der Waals surface area contributed by atoms with Gasteiger partial charge in [0.1, 0.15) is 4.83 Å². The summed E-state index contributed by atoms with van der Waals surface area (Å²) in [6.07, 6.45) is 0. The zero-order chi connectivity index (χ0) is 17.1. The van der Waals surface area contributed by atoms with Crippen LogP contribution < -0.4 is 0 Å². The molecule has 0 amide bonds. The quantitative estimate of drug-likeness (QED) is 0.286. The summed E-state index contributed by atoms with van der Waals surface area (Å²) in [5.41, 5.74) is 11.5. The van der Waals surface area contributed by atoms with Crippen LogP contribution >= 0.6 is 11.3 Å². The Kier molecular flexibility index (Phi) is 4.57. The summed E-state index contributed by atoms with van der Waals surface area (Å²) in [5.74, 6) is -0.179. The molecule has 0 unspecified atom stereocenters. The zero-order valence-corrected chi connectivity index (χ0v) is 14.0. The van der Waals surface area contributed by atoms with Gasteiger partial charge in [-0.2, -0.15) is 0 Å². The number of pyridine rings is 1. The van der Waals surface area contributed by atoms with E-state index in [1.807, 2.05) is 19.1 Å². The van der Waals surface area contributed by atoms with E-state index in [0.717, 1.165) is 11.3 Å². The average molecular weight is 338 g/mol. The second kappa shape index (κ2) is 6.80. The Bertz CT molecular complexity index is 960. The van der Waals surface area contributed by atoms with E-state index in [2.05, 4.69) is 15.0 Å². The smallest absolute Gasteiger partial charge is 0.203 e. The molecule has 0 radical (unpaired) electrons. The van der Waals surface area contributed by atoms with Crippen LogP contribution in [0.15, 0.2) is 41.5 Å². The topological polar surface area (TPSA) is 88.0 Å². The zero-order valence-electron chi connectivity index (χ0n) is 13.2. The number of fused-ring (bicyclic) bond motifs is 1. The number of hydrogen-bond donors (Lipinski definition) is 0. The van der Waals surface area contributed by atoms with Crippen molar-refractivity contribution in [2.24, 2.45) is 5.11 Å². The molecule has 6 nitrogen and oxygen atoms in total. The molecule has 0 fully saturated rings. The molecule has 0 bridgehead atoms. The lowest BCUT2D eigenvalue weighted by Gasteiger charge is -2.05. The van der Waals surface area contributed by atoms with Crippen molar-refractivity contribution in [3.8, 4) is 0 Å². The summed E-state index contributed by atoms with van der Waals surface area (Å²) >= 11 is 1.24. The largest absolute Gasteiger partial charge is 0.380 e. The molecule has 0 spiro atoms. The lowest BCUT2D eigenvalue weighted by Crippen LogP contribution is -1.98. The van der Waals surface area contributed by atoms with Crippen molar-refractivity contribution in [2.45, 2.75) is 13.5 Å². The van der Waals surface area contributed by atoms with Gasteiger partial charge in [-0.15, -0.1) is 11.3 Å². The average Bonchev–Trinajstić information content (AvgIpc) is 2.94. The van der Waals surface area contributed by atoms with Crippen LogP contribution in [0.4, 0.5) is 5.69 Å². The molecule has 3 aromatic rings. The number of ether oxygens (including phenoxy) is 1. The Morgan fingerprint density at radius 1 is 1.38 bits per heavy atom. The lowest BCUT2D eigenvalue weighted by molar-refractivity contribution is 0.104. The Hall–Kier alpha value is -2.73. The van der Waals surface area contributed by atoms with Gasteiger partial charge >= 0.3 is 0 Å². The molecular weight excluding hydrogens is 324 g/mol. The fourth-order valence-electron chi connectivity index (χ4n) is 2.58. The fraction of sp³-hybridized carbons (Fsp3) is 0.176. The third-order valence-electron chi connectivity index (χ3n) is 3.53. The Morgan fingerprint density at radius 3 is 2.79 bits per heavy atom. The van der Waals surface area contributed by atoms with E-state index in [9.17, 15) is 4.79 Å². The number of hydrogen-bond acceptors (Lipinski definition) is 5. The number of ketones is 1. The molecule has 24 heavy (non-hydrogen) atoms. The van der Waals surface area contributed by atoms with Gasteiger partial charge in [-0.1, -0.05) is 35.4 Å². The van der Waals surface area contributed by atoms with Gasteiger partial charge in [-0.05, 0) is 24.1 Å². The molecule has 0 N–H and O–H groups in total. The van der Waals surface area contributed by atoms with Crippen LogP contribution in [0.3, 0.4) is 0 Å². The highest BCUT2D eigenvalue weighted by atomic mass is 32.1. The van der Waals surface area contributed by atoms with Crippen LogP contribution in [0.2, 0.25) is 0 Å². The molecule has 0 saturated carbocycles. The van der Waals surface area contributed by atoms with Gasteiger partial charge in [0.2, 0.25) is 5.78 Å². The van der Waals surface area contributed by atoms with Gasteiger partial charge in [0.15, 0.2) is 0 Å². The van der Waals surface area contributed by atoms with Crippen LogP contribution in [0.25, 0.3) is 20.7 Å². The summed E-state index contributed by atoms with van der Waals surface area (Å²) in [6.45, 7) is 2.23. The maximum Gasteiger partial charge on any atom is 0.203 e. The van der Waals surface area contributed by atoms with E-state index in [1.54, 1.807) is 31.4 Å². The molecule has 0 saturated heterocycles. The number of aromatic nitrogens is 1. The molecule has 0 aliphatic rings. The number of benzene rings is 1. The Balaban J connectivity index is 2.29. The van der Waals surface area contributed by atoms with Crippen LogP contribution in [0.1, 0.15) is 26.5 Å². The van der Waals surface area contributed by atoms with Crippen molar-refractivity contribution in [3.05, 3.63) is 68.5 Å². The number of carbonyl (C=O) groups excluding carboxylic acids is 1. The highest BCUT2D eigenvalue weighted by Crippen LogP contribution is 2.40. The first kappa shape index (κ1) is 16.1. The van der Waals surface area contributed by atoms with Crippen molar-refractivity contribution >= 4 is 33.0 Å². The van der Waals surface area contributed by atoms with Crippen LogP contribution in [0.5, 0.6) is 0 Å². The molecule has 3 rings (SSSR count). The number of azide groups is 1. The highest BCUT2D eigenvalue weighted by Gasteiger charge is 2.22. The molecule has 1 aromatic carbocycles. The number of nitrogens with zero attached hydrogens (tertiary/aromatic N) is 4. The molecule has 0 aliphatic carbocycles. The molecule has 2 aromatic heterocycles. The fourth-order valence-corrected chi connectivity index (χ4v) is 3.74. The predicted molar refractivity (Wildman–Crippen MR) is 93.8 cm³/mol. The third-order valence-corrected chi connectivity index (χ3v) is 4.61. The first-order valence-corrected chi connectivity index (χ1v) is 8.04. The minimum Gasteiger partial charge on any atom is -0.380 e. The second-order valence-electron chi connectivity index (χ2n) is 5.20. The van der Waals surface area contributed by atoms with E-state index in [4.69, 9.17) is 10.3 Å². The maximum absolute atomic E-state index is 12.8. The van der Waals surface area contributed by atoms with Crippen molar-refractivity contribution in [3.63, 3.8) is 0 Å². The summed E-state index contributed by atoms with van der Waals surface area (Å²) in [5, 5.41) is 4.47. The SMILES string of the molecule is COCc1cc(C)nc2sc(C(=O)c3ccccc3)c(N=[N+]=[N-])c12. The first-order chi connectivity index (χ1) is 11.7. The number of thiophene rings is 1. The Morgan fingerprint density at radius 2 is 2.12 bits per heavy atom. The van der Waals surface area contributed by atoms with Crippen molar-refractivity contribution in [1.29, 1.82) is 0 Å². The number of carbonyl (C=O) groups is 1. The minimum atomic E-state index is -0.179. The number of aryl methyl sites for hydroxylation is 1. The first-order valence-electron chi connectivity index (χ1n) is 7.22. The van der Waals surface area contributed by atoms with E-state index in [0.29, 0.717) is 33.0 Å². The maximum atomic E-state index is 12.8. The predicted octanol–water partition coefficient (Wildman–Crippen LogP) is 4.92. The molecular formula is C17H14N4O2S. The van der Waals surface area contributed by atoms with Crippen LogP contribution in [-0.4, -0.2) is 17.9 Å². The molecule has 120 valence electrons. The molecule has 0 aliphatic heterocycles. The van der Waals surface area contributed by atoms with E-state index < -0.39 is 0 Å². The van der Waals surface area contributed by atoms with Crippen molar-refractivity contribution in [2.75, 3.05) is 7.11 Å². The summed E-state index contributed by atoms with van der Waals surface area (Å²) in [4.78, 5) is 21.3. The number of methoxy groups -OCH3 is 1. The Labute approximate surface area is 142 Å². The van der Waals surface area contributed by atoms with E-state index in [-0.39, 0.29) is 5.78 Å². The van der Waals surface area contributed by atoms with Crippen molar-refractivity contribution < 1.29 is 9.53 Å². The second-order valence-corrected chi connectivity index (χ2v) is 6.20. The van der Waals surface area contributed by atoms with E-state index >= 15 is 0 Å². The minimum absolute atomic E-state index is 0.179. The van der Waals surface area contributed by atoms with Crippen LogP contribution in [0, 0.1) is 6.92 Å². The van der Waals surface area contributed by atoms with Gasteiger partial charge in [-0.25, -0.2) is 4.98 Å². The molecule has 0 atom stereocenters. The van der Waals surface area contributed by atoms with Gasteiger partial charge < -0.3 is 4.74 Å². The van der Waals surface area contributed by atoms with Gasteiger partial charge in [0.05, 0.1) is 17.2 Å². The molecule has 7 heteroatoms. The third kappa shape index (κ3) is 2.88. The monoisotopic (exact) mass is 338 g/mol. The number of rotatable bonds is 5. The lowest BCUT2D eigenvalue weighted by atomic mass is 10.1. The standard InChI is InChI=1S/C17H14N4O2S/c1-10-8-12(9-23-2)13-14(20-21-18)16(24-17(13)19-10)15(22)11-6-4-3-5-7-11/h3-8H,9H2,1-2H3.